The Labute approximate surface area is 187 Å². The summed E-state index contributed by atoms with van der Waals surface area (Å²) < 4.78 is 25.5. The van der Waals surface area contributed by atoms with Crippen LogP contribution < -0.4 is 10.6 Å². The van der Waals surface area contributed by atoms with Gasteiger partial charge >= 0.3 is 0 Å². The summed E-state index contributed by atoms with van der Waals surface area (Å²) in [6, 6.07) is 12.8. The summed E-state index contributed by atoms with van der Waals surface area (Å²) in [7, 11) is -3.75. The number of hydrogen-bond donors (Lipinski definition) is 3. The summed E-state index contributed by atoms with van der Waals surface area (Å²) >= 11 is 1.97. The van der Waals surface area contributed by atoms with Crippen LogP contribution in [0.2, 0.25) is 0 Å². The molecule has 0 saturated carbocycles. The van der Waals surface area contributed by atoms with Gasteiger partial charge in [-0.25, -0.2) is 19.0 Å². The van der Waals surface area contributed by atoms with Crippen molar-refractivity contribution in [3.63, 3.8) is 0 Å². The van der Waals surface area contributed by atoms with E-state index in [1.165, 1.54) is 24.4 Å². The first-order chi connectivity index (χ1) is 14.1. The molecule has 1 heterocycles. The van der Waals surface area contributed by atoms with Crippen molar-refractivity contribution in [2.45, 2.75) is 18.7 Å². The molecular formula is C20H19IN4O4S. The van der Waals surface area contributed by atoms with Crippen molar-refractivity contribution >= 4 is 44.7 Å². The summed E-state index contributed by atoms with van der Waals surface area (Å²) in [5, 5.41) is 18.9. The largest absolute Gasteiger partial charge is 0.507 e. The molecular weight excluding hydrogens is 519 g/mol. The van der Waals surface area contributed by atoms with E-state index < -0.39 is 15.9 Å². The van der Waals surface area contributed by atoms with E-state index in [2.05, 4.69) is 10.5 Å². The van der Waals surface area contributed by atoms with E-state index in [9.17, 15) is 18.3 Å². The van der Waals surface area contributed by atoms with Crippen LogP contribution in [-0.4, -0.2) is 30.2 Å². The van der Waals surface area contributed by atoms with Crippen LogP contribution >= 0.6 is 22.6 Å². The number of aryl methyl sites for hydroxylation is 1. The second-order valence-corrected chi connectivity index (χ2v) is 9.29. The first-order valence-electron chi connectivity index (χ1n) is 8.72. The average Bonchev–Trinajstić information content (AvgIpc) is 2.96. The maximum Gasteiger partial charge on any atom is 0.271 e. The number of benzene rings is 2. The Morgan fingerprint density at radius 3 is 2.43 bits per heavy atom. The molecule has 3 rings (SSSR count). The maximum atomic E-state index is 12.2. The lowest BCUT2D eigenvalue weighted by Crippen LogP contribution is -2.17. The third-order valence-corrected chi connectivity index (χ3v) is 6.31. The van der Waals surface area contributed by atoms with Crippen molar-refractivity contribution in [3.8, 4) is 11.4 Å². The number of carbonyl (C=O) groups is 1. The quantitative estimate of drug-likeness (QED) is 0.262. The number of phenolic OH excluding ortho intramolecular Hbond substituents is 1. The van der Waals surface area contributed by atoms with Crippen molar-refractivity contribution < 1.29 is 18.3 Å². The molecule has 0 aliphatic rings. The number of aromatic nitrogens is 1. The van der Waals surface area contributed by atoms with Gasteiger partial charge < -0.3 is 9.67 Å². The number of halogens is 1. The topological polar surface area (TPSA) is 127 Å². The number of sulfonamides is 1. The normalized spacial score (nSPS) is 11.7. The fraction of sp³-hybridized carbons (Fsp3) is 0.100. The van der Waals surface area contributed by atoms with Crippen molar-refractivity contribution in [2.75, 3.05) is 0 Å². The van der Waals surface area contributed by atoms with E-state index in [0.29, 0.717) is 9.13 Å². The number of aromatic hydroxyl groups is 1. The van der Waals surface area contributed by atoms with Crippen molar-refractivity contribution in [2.24, 2.45) is 10.2 Å². The molecule has 2 aromatic carbocycles. The lowest BCUT2D eigenvalue weighted by Gasteiger charge is -2.10. The van der Waals surface area contributed by atoms with E-state index >= 15 is 0 Å². The average molecular weight is 538 g/mol. The van der Waals surface area contributed by atoms with Crippen LogP contribution in [0.4, 0.5) is 0 Å². The van der Waals surface area contributed by atoms with Crippen LogP contribution in [0.5, 0.6) is 5.75 Å². The van der Waals surface area contributed by atoms with Gasteiger partial charge in [-0.2, -0.15) is 5.10 Å². The Morgan fingerprint density at radius 1 is 1.17 bits per heavy atom. The predicted molar refractivity (Wildman–Crippen MR) is 123 cm³/mol. The fourth-order valence-corrected chi connectivity index (χ4v) is 3.83. The third kappa shape index (κ3) is 4.71. The van der Waals surface area contributed by atoms with Gasteiger partial charge in [-0.1, -0.05) is 0 Å². The number of primary sulfonamides is 1. The van der Waals surface area contributed by atoms with Gasteiger partial charge in [-0.15, -0.1) is 0 Å². The molecule has 0 atom stereocenters. The molecule has 0 radical (unpaired) electrons. The Kier molecular flexibility index (Phi) is 6.29. The summed E-state index contributed by atoms with van der Waals surface area (Å²) in [5.74, 6) is -0.408. The number of rotatable bonds is 5. The lowest BCUT2D eigenvalue weighted by molar-refractivity contribution is 0.0954. The summed E-state index contributed by atoms with van der Waals surface area (Å²) in [4.78, 5) is 12.2. The first kappa shape index (κ1) is 22.0. The second kappa shape index (κ2) is 8.58. The summed E-state index contributed by atoms with van der Waals surface area (Å²) in [6.07, 6.45) is 1.53. The van der Waals surface area contributed by atoms with Gasteiger partial charge in [0.05, 0.1) is 14.7 Å². The Balaban J connectivity index is 1.80. The van der Waals surface area contributed by atoms with Crippen LogP contribution in [0.3, 0.4) is 0 Å². The number of amides is 1. The van der Waals surface area contributed by atoms with Gasteiger partial charge in [-0.05, 0) is 85.0 Å². The number of nitrogens with zero attached hydrogens (tertiary/aromatic N) is 2. The molecule has 3 aromatic rings. The van der Waals surface area contributed by atoms with E-state index in [1.54, 1.807) is 24.3 Å². The minimum Gasteiger partial charge on any atom is -0.507 e. The number of nitrogens with two attached hydrogens (primary N) is 1. The standard InChI is InChI=1S/C20H19IN4O4S/c1-12-9-15(11-23-24-20(27)14-3-8-18(21)19(26)10-14)13(2)25(12)16-4-6-17(7-5-16)30(22,28)29/h3-11,26H,1-2H3,(H,24,27)(H2,22,28,29)/b23-11-. The lowest BCUT2D eigenvalue weighted by atomic mass is 10.2. The molecule has 1 aromatic heterocycles. The Hall–Kier alpha value is -2.70. The van der Waals surface area contributed by atoms with Gasteiger partial charge in [0.1, 0.15) is 5.75 Å². The van der Waals surface area contributed by atoms with Crippen molar-refractivity contribution in [3.05, 3.63) is 74.6 Å². The molecule has 0 unspecified atom stereocenters. The Morgan fingerprint density at radius 2 is 1.83 bits per heavy atom. The van der Waals surface area contributed by atoms with Gasteiger partial charge in [-0.3, -0.25) is 4.79 Å². The molecule has 10 heteroatoms. The molecule has 30 heavy (non-hydrogen) atoms. The highest BCUT2D eigenvalue weighted by Gasteiger charge is 2.12. The molecule has 0 aliphatic carbocycles. The van der Waals surface area contributed by atoms with Crippen LogP contribution in [-0.2, 0) is 10.0 Å². The third-order valence-electron chi connectivity index (χ3n) is 4.47. The molecule has 8 nitrogen and oxygen atoms in total. The Bertz CT molecular complexity index is 1250. The van der Waals surface area contributed by atoms with Gasteiger partial charge in [0.15, 0.2) is 0 Å². The predicted octanol–water partition coefficient (Wildman–Crippen LogP) is 2.82. The van der Waals surface area contributed by atoms with Crippen LogP contribution in [0.15, 0.2) is 58.5 Å². The molecule has 0 bridgehead atoms. The molecule has 0 aliphatic heterocycles. The number of hydrazone groups is 1. The smallest absolute Gasteiger partial charge is 0.271 e. The van der Waals surface area contributed by atoms with Crippen LogP contribution in [0, 0.1) is 17.4 Å². The highest BCUT2D eigenvalue weighted by atomic mass is 127. The van der Waals surface area contributed by atoms with E-state index in [1.807, 2.05) is 47.1 Å². The first-order valence-corrected chi connectivity index (χ1v) is 11.3. The maximum absolute atomic E-state index is 12.2. The molecule has 0 fully saturated rings. The zero-order chi connectivity index (χ0) is 22.1. The molecule has 4 N–H and O–H groups in total. The van der Waals surface area contributed by atoms with Crippen molar-refractivity contribution in [1.82, 2.24) is 9.99 Å². The number of hydrogen-bond acceptors (Lipinski definition) is 5. The molecule has 1 amide bonds. The molecule has 0 spiro atoms. The van der Waals surface area contributed by atoms with E-state index in [4.69, 9.17) is 5.14 Å². The van der Waals surface area contributed by atoms with Crippen LogP contribution in [0.1, 0.15) is 27.3 Å². The van der Waals surface area contributed by atoms with Gasteiger partial charge in [0.25, 0.3) is 5.91 Å². The highest BCUT2D eigenvalue weighted by Crippen LogP contribution is 2.22. The number of phenols is 1. The molecule has 156 valence electrons. The van der Waals surface area contributed by atoms with Gasteiger partial charge in [0, 0.05) is 28.2 Å². The van der Waals surface area contributed by atoms with E-state index in [-0.39, 0.29) is 10.6 Å². The minimum atomic E-state index is -3.75. The highest BCUT2D eigenvalue weighted by molar-refractivity contribution is 14.1. The van der Waals surface area contributed by atoms with Crippen molar-refractivity contribution in [1.29, 1.82) is 0 Å². The summed E-state index contributed by atoms with van der Waals surface area (Å²) in [6.45, 7) is 3.80. The van der Waals surface area contributed by atoms with Crippen LogP contribution in [0.25, 0.3) is 5.69 Å². The minimum absolute atomic E-state index is 0.0317. The zero-order valence-electron chi connectivity index (χ0n) is 16.1. The monoisotopic (exact) mass is 538 g/mol. The zero-order valence-corrected chi connectivity index (χ0v) is 19.1. The SMILES string of the molecule is Cc1cc(/C=N\NC(=O)c2ccc(I)c(O)c2)c(C)n1-c1ccc(S(N)(=O)=O)cc1. The second-order valence-electron chi connectivity index (χ2n) is 6.57. The number of nitrogens with one attached hydrogen (secondary N) is 1. The van der Waals surface area contributed by atoms with Gasteiger partial charge in [0.2, 0.25) is 10.0 Å². The summed E-state index contributed by atoms with van der Waals surface area (Å²) in [5.41, 5.74) is 6.07. The number of carbonyl (C=O) groups excluding carboxylic acids is 1. The van der Waals surface area contributed by atoms with E-state index in [0.717, 1.165) is 22.6 Å². The molecule has 0 saturated heterocycles. The fourth-order valence-electron chi connectivity index (χ4n) is 2.98.